The molecule has 2 aliphatic rings. The smallest absolute Gasteiger partial charge is 0.274 e. The highest BCUT2D eigenvalue weighted by atomic mass is 32.2. The molecule has 16 heavy (non-hydrogen) atoms. The quantitative estimate of drug-likeness (QED) is 0.725. The lowest BCUT2D eigenvalue weighted by atomic mass is 10.3. The van der Waals surface area contributed by atoms with Crippen molar-refractivity contribution >= 4 is 16.2 Å². The van der Waals surface area contributed by atoms with Crippen LogP contribution in [0.5, 0.6) is 0 Å². The summed E-state index contributed by atoms with van der Waals surface area (Å²) in [6.45, 7) is 5.27. The molecular formula is C10H15NO4S. The van der Waals surface area contributed by atoms with E-state index < -0.39 is 21.8 Å². The lowest BCUT2D eigenvalue weighted by molar-refractivity contribution is -0.120. The van der Waals surface area contributed by atoms with Gasteiger partial charge in [0.15, 0.2) is 0 Å². The van der Waals surface area contributed by atoms with Crippen molar-refractivity contribution < 1.29 is 17.4 Å². The molecule has 0 radical (unpaired) electrons. The average molecular weight is 245 g/mol. The van der Waals surface area contributed by atoms with Crippen molar-refractivity contribution in [2.24, 2.45) is 11.8 Å². The van der Waals surface area contributed by atoms with E-state index in [1.54, 1.807) is 13.0 Å². The molecule has 0 aliphatic heterocycles. The van der Waals surface area contributed by atoms with Gasteiger partial charge in [0.2, 0.25) is 5.91 Å². The van der Waals surface area contributed by atoms with E-state index in [-0.39, 0.29) is 11.8 Å². The van der Waals surface area contributed by atoms with E-state index in [0.717, 1.165) is 0 Å². The van der Waals surface area contributed by atoms with Gasteiger partial charge in [0.1, 0.15) is 0 Å². The number of nitrogens with one attached hydrogen (secondary N) is 1. The van der Waals surface area contributed by atoms with Crippen LogP contribution in [0.1, 0.15) is 26.2 Å². The van der Waals surface area contributed by atoms with E-state index >= 15 is 0 Å². The first-order chi connectivity index (χ1) is 7.35. The van der Waals surface area contributed by atoms with Gasteiger partial charge in [-0.3, -0.25) is 4.79 Å². The van der Waals surface area contributed by atoms with Crippen molar-refractivity contribution in [3.63, 3.8) is 0 Å². The summed E-state index contributed by atoms with van der Waals surface area (Å²) in [6, 6.07) is 0. The third-order valence-electron chi connectivity index (χ3n) is 2.97. The van der Waals surface area contributed by atoms with Crippen LogP contribution in [0.15, 0.2) is 12.7 Å². The molecule has 0 aromatic heterocycles. The molecule has 90 valence electrons. The molecule has 1 N–H and O–H groups in total. The molecule has 6 heteroatoms. The molecule has 5 nitrogen and oxygen atoms in total. The van der Waals surface area contributed by atoms with Crippen LogP contribution < -0.4 is 4.72 Å². The van der Waals surface area contributed by atoms with Gasteiger partial charge < -0.3 is 0 Å². The Labute approximate surface area is 95.1 Å². The molecule has 0 spiro atoms. The zero-order valence-corrected chi connectivity index (χ0v) is 9.92. The molecule has 2 rings (SSSR count). The topological polar surface area (TPSA) is 72.5 Å². The average Bonchev–Trinajstić information content (AvgIpc) is 3.00. The predicted molar refractivity (Wildman–Crippen MR) is 57.6 cm³/mol. The Bertz CT molecular complexity index is 424. The maximum atomic E-state index is 11.5. The van der Waals surface area contributed by atoms with E-state index in [1.807, 2.05) is 4.72 Å². The molecule has 0 heterocycles. The molecule has 0 aromatic carbocycles. The van der Waals surface area contributed by atoms with Gasteiger partial charge in [-0.1, -0.05) is 6.08 Å². The van der Waals surface area contributed by atoms with Crippen molar-refractivity contribution in [2.75, 3.05) is 0 Å². The fraction of sp³-hybridized carbons (Fsp3) is 0.700. The molecule has 0 bridgehead atoms. The fourth-order valence-corrected chi connectivity index (χ4v) is 2.66. The summed E-state index contributed by atoms with van der Waals surface area (Å²) in [6.07, 6.45) is 3.75. The van der Waals surface area contributed by atoms with Crippen LogP contribution >= 0.6 is 0 Å². The lowest BCUT2D eigenvalue weighted by Gasteiger charge is -2.11. The summed E-state index contributed by atoms with van der Waals surface area (Å²) in [5.41, 5.74) is -0.604. The molecule has 0 unspecified atom stereocenters. The number of allylic oxidation sites excluding steroid dienone is 1. The maximum Gasteiger partial charge on any atom is 0.362 e. The Kier molecular flexibility index (Phi) is 2.58. The van der Waals surface area contributed by atoms with Gasteiger partial charge in [-0.15, -0.1) is 6.58 Å². The molecule has 0 aromatic rings. The monoisotopic (exact) mass is 245 g/mol. The molecule has 2 fully saturated rings. The Balaban J connectivity index is 1.89. The van der Waals surface area contributed by atoms with Crippen molar-refractivity contribution in [3.05, 3.63) is 12.7 Å². The summed E-state index contributed by atoms with van der Waals surface area (Å²) in [4.78, 5) is 11.5. The standard InChI is InChI=1S/C10H15NO4S/c1-3-7-6-8(7)9(12)11-16(13,14)15-10(2)4-5-10/h3,7-8H,1,4-6H2,2H3,(H,11,12)/t7-,8+/m1/s1. The number of carbonyl (C=O) groups is 1. The van der Waals surface area contributed by atoms with Crippen molar-refractivity contribution in [2.45, 2.75) is 31.8 Å². The molecule has 2 aliphatic carbocycles. The molecular weight excluding hydrogens is 230 g/mol. The first-order valence-corrected chi connectivity index (χ1v) is 6.66. The minimum atomic E-state index is -3.95. The minimum Gasteiger partial charge on any atom is -0.274 e. The molecule has 2 saturated carbocycles. The summed E-state index contributed by atoms with van der Waals surface area (Å²) >= 11 is 0. The van der Waals surface area contributed by atoms with Gasteiger partial charge in [0.25, 0.3) is 0 Å². The molecule has 0 saturated heterocycles. The lowest BCUT2D eigenvalue weighted by Crippen LogP contribution is -2.35. The first kappa shape index (κ1) is 11.6. The third kappa shape index (κ3) is 2.62. The number of amides is 1. The van der Waals surface area contributed by atoms with Crippen molar-refractivity contribution in [1.82, 2.24) is 4.72 Å². The summed E-state index contributed by atoms with van der Waals surface area (Å²) < 4.78 is 29.7. The van der Waals surface area contributed by atoms with Crippen LogP contribution in [-0.2, 0) is 19.3 Å². The normalized spacial score (nSPS) is 30.6. The van der Waals surface area contributed by atoms with Crippen LogP contribution in [0, 0.1) is 11.8 Å². The maximum absolute atomic E-state index is 11.5. The highest BCUT2D eigenvalue weighted by molar-refractivity contribution is 7.85. The number of hydrogen-bond donors (Lipinski definition) is 1. The Morgan fingerprint density at radius 3 is 2.62 bits per heavy atom. The van der Waals surface area contributed by atoms with Gasteiger partial charge in [-0.2, -0.15) is 8.42 Å². The van der Waals surface area contributed by atoms with E-state index in [0.29, 0.717) is 19.3 Å². The number of carbonyl (C=O) groups excluding carboxylic acids is 1. The second-order valence-corrected chi connectivity index (χ2v) is 5.97. The van der Waals surface area contributed by atoms with Gasteiger partial charge >= 0.3 is 10.3 Å². The van der Waals surface area contributed by atoms with E-state index in [4.69, 9.17) is 4.18 Å². The Hall–Kier alpha value is -0.880. The number of rotatable bonds is 5. The van der Waals surface area contributed by atoms with Gasteiger partial charge in [-0.05, 0) is 32.1 Å². The van der Waals surface area contributed by atoms with E-state index in [1.165, 1.54) is 0 Å². The molecule has 1 amide bonds. The van der Waals surface area contributed by atoms with Crippen LogP contribution in [0.2, 0.25) is 0 Å². The fourth-order valence-electron chi connectivity index (χ4n) is 1.52. The Morgan fingerprint density at radius 1 is 1.56 bits per heavy atom. The van der Waals surface area contributed by atoms with Crippen molar-refractivity contribution in [1.29, 1.82) is 0 Å². The third-order valence-corrected chi connectivity index (χ3v) is 4.04. The van der Waals surface area contributed by atoms with Gasteiger partial charge in [-0.25, -0.2) is 8.91 Å². The first-order valence-electron chi connectivity index (χ1n) is 5.25. The largest absolute Gasteiger partial charge is 0.362 e. The van der Waals surface area contributed by atoms with Crippen LogP contribution in [0.4, 0.5) is 0 Å². The van der Waals surface area contributed by atoms with Gasteiger partial charge in [0, 0.05) is 5.92 Å². The SMILES string of the molecule is C=C[C@@H]1C[C@@H]1C(=O)NS(=O)(=O)OC1(C)CC1. The highest BCUT2D eigenvalue weighted by Crippen LogP contribution is 2.41. The zero-order chi connectivity index (χ0) is 12.0. The predicted octanol–water partition coefficient (Wildman–Crippen LogP) is 0.739. The van der Waals surface area contributed by atoms with E-state index in [2.05, 4.69) is 6.58 Å². The second kappa shape index (κ2) is 3.56. The van der Waals surface area contributed by atoms with Crippen LogP contribution in [0.3, 0.4) is 0 Å². The molecule has 2 atom stereocenters. The Morgan fingerprint density at radius 2 is 2.19 bits per heavy atom. The van der Waals surface area contributed by atoms with Crippen LogP contribution in [-0.4, -0.2) is 19.9 Å². The minimum absolute atomic E-state index is 0.103. The zero-order valence-electron chi connectivity index (χ0n) is 9.10. The number of hydrogen-bond acceptors (Lipinski definition) is 4. The summed E-state index contributed by atoms with van der Waals surface area (Å²) in [5, 5.41) is 0. The highest BCUT2D eigenvalue weighted by Gasteiger charge is 2.46. The van der Waals surface area contributed by atoms with Crippen molar-refractivity contribution in [3.8, 4) is 0 Å². The summed E-state index contributed by atoms with van der Waals surface area (Å²) in [5.74, 6) is -0.649. The summed E-state index contributed by atoms with van der Waals surface area (Å²) in [7, 11) is -3.95. The van der Waals surface area contributed by atoms with E-state index in [9.17, 15) is 13.2 Å². The second-order valence-electron chi connectivity index (χ2n) is 4.70. The van der Waals surface area contributed by atoms with Crippen LogP contribution in [0.25, 0.3) is 0 Å². The van der Waals surface area contributed by atoms with Gasteiger partial charge in [0.05, 0.1) is 5.60 Å².